The Morgan fingerprint density at radius 3 is 2.24 bits per heavy atom. The van der Waals surface area contributed by atoms with Crippen molar-refractivity contribution < 1.29 is 19.1 Å². The summed E-state index contributed by atoms with van der Waals surface area (Å²) >= 11 is 0. The average molecular weight is 577 g/mol. The lowest BCUT2D eigenvalue weighted by atomic mass is 9.87. The van der Waals surface area contributed by atoms with Gasteiger partial charge in [0, 0.05) is 36.2 Å². The van der Waals surface area contributed by atoms with Gasteiger partial charge in [0.1, 0.15) is 17.7 Å². The summed E-state index contributed by atoms with van der Waals surface area (Å²) in [5, 5.41) is 3.26. The molecular weight excluding hydrogens is 528 g/mol. The lowest BCUT2D eigenvalue weighted by Gasteiger charge is -2.37. The molecule has 4 rings (SSSR count). The van der Waals surface area contributed by atoms with E-state index >= 15 is 0 Å². The summed E-state index contributed by atoms with van der Waals surface area (Å²) in [6.07, 6.45) is 8.44. The van der Waals surface area contributed by atoms with Gasteiger partial charge in [-0.3, -0.25) is 24.4 Å². The summed E-state index contributed by atoms with van der Waals surface area (Å²) in [5.41, 5.74) is 1.56. The summed E-state index contributed by atoms with van der Waals surface area (Å²) in [4.78, 5) is 49.7. The van der Waals surface area contributed by atoms with Crippen molar-refractivity contribution >= 4 is 23.6 Å². The molecule has 42 heavy (non-hydrogen) atoms. The minimum absolute atomic E-state index is 0.0652. The number of benzene rings is 1. The molecule has 3 atom stereocenters. The Morgan fingerprint density at radius 2 is 1.67 bits per heavy atom. The SMILES string of the molecule is CC1CC(C(=O)N(c2ccc(C(C)(C)C)cc2)C(C(=O)NC2CCCCC2)c2cccnc2)N(C(=O)OC(C)(C)C)C1. The highest BCUT2D eigenvalue weighted by molar-refractivity contribution is 6.04. The number of anilines is 1. The van der Waals surface area contributed by atoms with Crippen molar-refractivity contribution in [2.75, 3.05) is 11.4 Å². The van der Waals surface area contributed by atoms with Crippen molar-refractivity contribution in [2.45, 2.75) is 116 Å². The fourth-order valence-corrected chi connectivity index (χ4v) is 5.97. The quantitative estimate of drug-likeness (QED) is 0.421. The molecule has 0 spiro atoms. The number of nitrogens with one attached hydrogen (secondary N) is 1. The van der Waals surface area contributed by atoms with E-state index in [-0.39, 0.29) is 29.2 Å². The number of likely N-dealkylation sites (tertiary alicyclic amines) is 1. The van der Waals surface area contributed by atoms with Crippen LogP contribution in [0.4, 0.5) is 10.5 Å². The first-order chi connectivity index (χ1) is 19.7. The summed E-state index contributed by atoms with van der Waals surface area (Å²) in [5.74, 6) is -0.441. The second-order valence-electron chi connectivity index (χ2n) is 14.0. The van der Waals surface area contributed by atoms with Gasteiger partial charge in [-0.1, -0.05) is 65.2 Å². The third kappa shape index (κ3) is 7.69. The molecule has 3 amide bonds. The summed E-state index contributed by atoms with van der Waals surface area (Å²) in [7, 11) is 0. The van der Waals surface area contributed by atoms with Gasteiger partial charge in [-0.2, -0.15) is 0 Å². The van der Waals surface area contributed by atoms with Gasteiger partial charge in [0.05, 0.1) is 0 Å². The van der Waals surface area contributed by atoms with Gasteiger partial charge in [0.15, 0.2) is 0 Å². The fraction of sp³-hybridized carbons (Fsp3) is 0.588. The van der Waals surface area contributed by atoms with E-state index in [1.807, 2.05) is 58.0 Å². The molecule has 1 aromatic heterocycles. The molecule has 1 saturated carbocycles. The summed E-state index contributed by atoms with van der Waals surface area (Å²) in [6.45, 7) is 14.3. The van der Waals surface area contributed by atoms with Gasteiger partial charge in [-0.15, -0.1) is 0 Å². The van der Waals surface area contributed by atoms with Crippen molar-refractivity contribution in [3.05, 3.63) is 59.9 Å². The van der Waals surface area contributed by atoms with Gasteiger partial charge >= 0.3 is 6.09 Å². The van der Waals surface area contributed by atoms with E-state index in [4.69, 9.17) is 4.74 Å². The van der Waals surface area contributed by atoms with E-state index in [2.05, 4.69) is 31.1 Å². The Hall–Kier alpha value is -3.42. The van der Waals surface area contributed by atoms with Gasteiger partial charge in [0.25, 0.3) is 5.91 Å². The maximum Gasteiger partial charge on any atom is 0.410 e. The predicted octanol–water partition coefficient (Wildman–Crippen LogP) is 6.55. The minimum Gasteiger partial charge on any atom is -0.444 e. The number of hydrogen-bond acceptors (Lipinski definition) is 5. The van der Waals surface area contributed by atoms with E-state index in [1.54, 1.807) is 23.4 Å². The lowest BCUT2D eigenvalue weighted by molar-refractivity contribution is -0.129. The van der Waals surface area contributed by atoms with Gasteiger partial charge in [-0.05, 0) is 75.1 Å². The maximum atomic E-state index is 14.7. The van der Waals surface area contributed by atoms with Crippen molar-refractivity contribution in [1.29, 1.82) is 0 Å². The van der Waals surface area contributed by atoms with Crippen LogP contribution in [0.25, 0.3) is 0 Å². The van der Waals surface area contributed by atoms with Crippen LogP contribution in [0.2, 0.25) is 0 Å². The molecule has 3 unspecified atom stereocenters. The Balaban J connectivity index is 1.79. The summed E-state index contributed by atoms with van der Waals surface area (Å²) < 4.78 is 5.71. The number of carbonyl (C=O) groups is 3. The molecule has 228 valence electrons. The molecular formula is C34H48N4O4. The number of amides is 3. The molecule has 1 saturated heterocycles. The van der Waals surface area contributed by atoms with Crippen LogP contribution in [-0.4, -0.2) is 52.0 Å². The van der Waals surface area contributed by atoms with Gasteiger partial charge in [0.2, 0.25) is 5.91 Å². The van der Waals surface area contributed by atoms with Gasteiger partial charge < -0.3 is 10.1 Å². The fourth-order valence-electron chi connectivity index (χ4n) is 5.97. The highest BCUT2D eigenvalue weighted by Crippen LogP contribution is 2.35. The van der Waals surface area contributed by atoms with Crippen molar-refractivity contribution in [2.24, 2.45) is 5.92 Å². The number of aromatic nitrogens is 1. The molecule has 1 N–H and O–H groups in total. The zero-order valence-corrected chi connectivity index (χ0v) is 26.4. The van der Waals surface area contributed by atoms with E-state index in [1.165, 1.54) is 11.3 Å². The van der Waals surface area contributed by atoms with E-state index in [0.717, 1.165) is 31.2 Å². The van der Waals surface area contributed by atoms with Crippen LogP contribution in [0, 0.1) is 5.92 Å². The lowest BCUT2D eigenvalue weighted by Crippen LogP contribution is -2.53. The number of rotatable bonds is 6. The first-order valence-electron chi connectivity index (χ1n) is 15.4. The van der Waals surface area contributed by atoms with Crippen LogP contribution in [0.5, 0.6) is 0 Å². The normalized spacial score (nSPS) is 20.6. The predicted molar refractivity (Wildman–Crippen MR) is 165 cm³/mol. The highest BCUT2D eigenvalue weighted by atomic mass is 16.6. The zero-order chi connectivity index (χ0) is 30.7. The number of nitrogens with zero attached hydrogens (tertiary/aromatic N) is 3. The third-order valence-electron chi connectivity index (χ3n) is 8.13. The minimum atomic E-state index is -0.954. The van der Waals surface area contributed by atoms with Crippen LogP contribution >= 0.6 is 0 Å². The number of carbonyl (C=O) groups excluding carboxylic acids is 3. The molecule has 1 aromatic carbocycles. The van der Waals surface area contributed by atoms with Crippen LogP contribution in [-0.2, 0) is 19.7 Å². The van der Waals surface area contributed by atoms with Crippen molar-refractivity contribution in [3.8, 4) is 0 Å². The van der Waals surface area contributed by atoms with Crippen molar-refractivity contribution in [3.63, 3.8) is 0 Å². The number of pyridine rings is 1. The van der Waals surface area contributed by atoms with Gasteiger partial charge in [-0.25, -0.2) is 4.79 Å². The second-order valence-corrected chi connectivity index (χ2v) is 14.0. The molecule has 0 radical (unpaired) electrons. The smallest absolute Gasteiger partial charge is 0.410 e. The van der Waals surface area contributed by atoms with Crippen LogP contribution in [0.15, 0.2) is 48.8 Å². The number of ether oxygens (including phenoxy) is 1. The summed E-state index contributed by atoms with van der Waals surface area (Å²) in [6, 6.07) is 9.81. The monoisotopic (exact) mass is 576 g/mol. The molecule has 2 fully saturated rings. The standard InChI is InChI=1S/C34H48N4O4/c1-23-20-28(37(22-23)32(41)42-34(5,6)7)31(40)38(27-17-15-25(16-18-27)33(2,3)4)29(24-12-11-19-35-21-24)30(39)36-26-13-9-8-10-14-26/h11-12,15-19,21,23,26,28-29H,8-10,13-14,20,22H2,1-7H3,(H,36,39). The third-order valence-corrected chi connectivity index (χ3v) is 8.13. The molecule has 2 aromatic rings. The molecule has 1 aliphatic carbocycles. The van der Waals surface area contributed by atoms with Crippen molar-refractivity contribution in [1.82, 2.24) is 15.2 Å². The largest absolute Gasteiger partial charge is 0.444 e. The van der Waals surface area contributed by atoms with E-state index in [9.17, 15) is 14.4 Å². The first-order valence-corrected chi connectivity index (χ1v) is 15.4. The molecule has 2 heterocycles. The maximum absolute atomic E-state index is 14.7. The molecule has 2 aliphatic rings. The first kappa shape index (κ1) is 31.5. The Labute approximate surface area is 251 Å². The average Bonchev–Trinajstić information content (AvgIpc) is 3.33. The van der Waals surface area contributed by atoms with Crippen LogP contribution < -0.4 is 10.2 Å². The Bertz CT molecular complexity index is 1230. The Morgan fingerprint density at radius 1 is 1.00 bits per heavy atom. The highest BCUT2D eigenvalue weighted by Gasteiger charge is 2.45. The molecule has 1 aliphatic heterocycles. The zero-order valence-electron chi connectivity index (χ0n) is 26.4. The van der Waals surface area contributed by atoms with Crippen LogP contribution in [0.3, 0.4) is 0 Å². The molecule has 0 bridgehead atoms. The Kier molecular flexibility index (Phi) is 9.63. The van der Waals surface area contributed by atoms with E-state index < -0.39 is 23.8 Å². The molecule has 8 nitrogen and oxygen atoms in total. The number of hydrogen-bond donors (Lipinski definition) is 1. The topological polar surface area (TPSA) is 91.8 Å². The van der Waals surface area contributed by atoms with Crippen LogP contribution in [0.1, 0.15) is 104 Å². The van der Waals surface area contributed by atoms with E-state index in [0.29, 0.717) is 24.2 Å². The molecule has 8 heteroatoms. The second kappa shape index (κ2) is 12.8.